The molecule has 1 heterocycles. The fraction of sp³-hybridized carbons (Fsp3) is 0.421. The Kier molecular flexibility index (Phi) is 6.74. The molecular formula is C19H25N3O3. The summed E-state index contributed by atoms with van der Waals surface area (Å²) in [6.07, 6.45) is 1.51. The second kappa shape index (κ2) is 9.01. The summed E-state index contributed by atoms with van der Waals surface area (Å²) in [6, 6.07) is 9.24. The normalized spacial score (nSPS) is 11.8. The molecule has 0 spiro atoms. The first-order valence-corrected chi connectivity index (χ1v) is 8.55. The molecule has 134 valence electrons. The van der Waals surface area contributed by atoms with Crippen LogP contribution in [0.25, 0.3) is 0 Å². The summed E-state index contributed by atoms with van der Waals surface area (Å²) in [5.41, 5.74) is 1.59. The van der Waals surface area contributed by atoms with Gasteiger partial charge in [0.1, 0.15) is 11.6 Å². The van der Waals surface area contributed by atoms with Crippen molar-refractivity contribution in [1.29, 1.82) is 0 Å². The average Bonchev–Trinajstić information content (AvgIpc) is 2.58. The predicted molar refractivity (Wildman–Crippen MR) is 97.0 cm³/mol. The van der Waals surface area contributed by atoms with E-state index in [9.17, 15) is 9.59 Å². The lowest BCUT2D eigenvalue weighted by molar-refractivity contribution is -0.123. The Balaban J connectivity index is 1.82. The van der Waals surface area contributed by atoms with Gasteiger partial charge in [0.25, 0.3) is 11.5 Å². The van der Waals surface area contributed by atoms with Gasteiger partial charge in [0.2, 0.25) is 0 Å². The third-order valence-electron chi connectivity index (χ3n) is 4.04. The monoisotopic (exact) mass is 343 g/mol. The summed E-state index contributed by atoms with van der Waals surface area (Å²) >= 11 is 0. The lowest BCUT2D eigenvalue weighted by Crippen LogP contribution is -2.31. The number of aromatic amines is 1. The van der Waals surface area contributed by atoms with Crippen molar-refractivity contribution < 1.29 is 9.53 Å². The van der Waals surface area contributed by atoms with Gasteiger partial charge in [-0.3, -0.25) is 9.59 Å². The van der Waals surface area contributed by atoms with E-state index in [0.29, 0.717) is 30.4 Å². The van der Waals surface area contributed by atoms with Crippen molar-refractivity contribution in [3.8, 4) is 5.75 Å². The average molecular weight is 343 g/mol. The number of aryl methyl sites for hydroxylation is 1. The van der Waals surface area contributed by atoms with Crippen molar-refractivity contribution in [3.63, 3.8) is 0 Å². The molecule has 6 nitrogen and oxygen atoms in total. The number of aromatic nitrogens is 2. The van der Waals surface area contributed by atoms with Crippen molar-refractivity contribution >= 4 is 5.91 Å². The fourth-order valence-corrected chi connectivity index (χ4v) is 2.53. The molecule has 0 bridgehead atoms. The predicted octanol–water partition coefficient (Wildman–Crippen LogP) is 2.33. The van der Waals surface area contributed by atoms with Gasteiger partial charge in [-0.05, 0) is 30.9 Å². The maximum absolute atomic E-state index is 12.0. The van der Waals surface area contributed by atoms with Crippen molar-refractivity contribution in [1.82, 2.24) is 15.3 Å². The van der Waals surface area contributed by atoms with E-state index in [2.05, 4.69) is 29.1 Å². The number of hydrogen-bond donors (Lipinski definition) is 2. The highest BCUT2D eigenvalue weighted by molar-refractivity contribution is 5.77. The molecular weight excluding hydrogens is 318 g/mol. The third-order valence-corrected chi connectivity index (χ3v) is 4.04. The molecule has 2 rings (SSSR count). The number of H-pyrrole nitrogens is 1. The van der Waals surface area contributed by atoms with Gasteiger partial charge in [-0.1, -0.05) is 32.0 Å². The van der Waals surface area contributed by atoms with E-state index >= 15 is 0 Å². The van der Waals surface area contributed by atoms with Gasteiger partial charge in [0, 0.05) is 24.7 Å². The lowest BCUT2D eigenvalue weighted by atomic mass is 9.98. The van der Waals surface area contributed by atoms with Gasteiger partial charge in [0.15, 0.2) is 6.61 Å². The second-order valence-corrected chi connectivity index (χ2v) is 6.06. The first-order chi connectivity index (χ1) is 12.0. The van der Waals surface area contributed by atoms with Gasteiger partial charge in [-0.15, -0.1) is 0 Å². The third kappa shape index (κ3) is 5.74. The highest BCUT2D eigenvalue weighted by Gasteiger charge is 2.11. The number of benzene rings is 1. The zero-order valence-corrected chi connectivity index (χ0v) is 15.0. The van der Waals surface area contributed by atoms with Gasteiger partial charge in [0.05, 0.1) is 0 Å². The van der Waals surface area contributed by atoms with E-state index in [1.54, 1.807) is 6.92 Å². The molecule has 0 aliphatic carbocycles. The molecule has 0 unspecified atom stereocenters. The number of rotatable bonds is 8. The molecule has 1 aromatic heterocycles. The van der Waals surface area contributed by atoms with E-state index in [4.69, 9.17) is 4.74 Å². The molecule has 1 amide bonds. The summed E-state index contributed by atoms with van der Waals surface area (Å²) in [5, 5.41) is 2.79. The minimum absolute atomic E-state index is 0.0325. The molecule has 2 aromatic rings. The van der Waals surface area contributed by atoms with Crippen LogP contribution >= 0.6 is 0 Å². The maximum Gasteiger partial charge on any atom is 0.257 e. The molecule has 6 heteroatoms. The van der Waals surface area contributed by atoms with E-state index in [1.807, 2.05) is 24.3 Å². The molecule has 1 aromatic carbocycles. The van der Waals surface area contributed by atoms with Crippen molar-refractivity contribution in [2.24, 2.45) is 0 Å². The number of ether oxygens (including phenoxy) is 1. The zero-order chi connectivity index (χ0) is 18.2. The van der Waals surface area contributed by atoms with E-state index in [1.165, 1.54) is 6.07 Å². The summed E-state index contributed by atoms with van der Waals surface area (Å²) in [4.78, 5) is 30.2. The summed E-state index contributed by atoms with van der Waals surface area (Å²) in [6.45, 7) is 6.36. The quantitative estimate of drug-likeness (QED) is 0.770. The van der Waals surface area contributed by atoms with Gasteiger partial charge in [-0.2, -0.15) is 0 Å². The van der Waals surface area contributed by atoms with Crippen LogP contribution in [-0.2, 0) is 11.2 Å². The number of carbonyl (C=O) groups excluding carboxylic acids is 1. The summed E-state index contributed by atoms with van der Waals surface area (Å²) in [5.74, 6) is 1.50. The molecule has 0 aliphatic rings. The van der Waals surface area contributed by atoms with Gasteiger partial charge < -0.3 is 15.0 Å². The van der Waals surface area contributed by atoms with Crippen LogP contribution in [0.15, 0.2) is 35.1 Å². The second-order valence-electron chi connectivity index (χ2n) is 6.06. The Morgan fingerprint density at radius 3 is 2.84 bits per heavy atom. The largest absolute Gasteiger partial charge is 0.483 e. The smallest absolute Gasteiger partial charge is 0.257 e. The summed E-state index contributed by atoms with van der Waals surface area (Å²) in [7, 11) is 0. The highest BCUT2D eigenvalue weighted by Crippen LogP contribution is 2.28. The Morgan fingerprint density at radius 1 is 1.36 bits per heavy atom. The van der Waals surface area contributed by atoms with Crippen LogP contribution < -0.4 is 15.6 Å². The zero-order valence-electron chi connectivity index (χ0n) is 15.0. The van der Waals surface area contributed by atoms with Crippen LogP contribution in [0.4, 0.5) is 0 Å². The first-order valence-electron chi connectivity index (χ1n) is 8.55. The van der Waals surface area contributed by atoms with Crippen molar-refractivity contribution in [2.45, 2.75) is 39.5 Å². The number of nitrogens with one attached hydrogen (secondary N) is 2. The molecule has 0 aliphatic heterocycles. The molecule has 1 atom stereocenters. The number of amides is 1. The Morgan fingerprint density at radius 2 is 2.12 bits per heavy atom. The molecule has 25 heavy (non-hydrogen) atoms. The van der Waals surface area contributed by atoms with E-state index < -0.39 is 0 Å². The standard InChI is InChI=1S/C19H25N3O3/c1-4-13(2)16-7-5-6-8-17(16)25-12-19(24)20-10-9-15-11-18(23)22-14(3)21-15/h5-8,11,13H,4,9-10,12H2,1-3H3,(H,20,24)(H,21,22,23)/t13-/m0/s1. The van der Waals surface area contributed by atoms with Crippen LogP contribution in [0.5, 0.6) is 5.75 Å². The molecule has 0 fully saturated rings. The summed E-state index contributed by atoms with van der Waals surface area (Å²) < 4.78 is 5.68. The minimum atomic E-state index is -0.194. The van der Waals surface area contributed by atoms with E-state index in [-0.39, 0.29) is 18.1 Å². The SMILES string of the molecule is CC[C@H](C)c1ccccc1OCC(=O)NCCc1cc(=O)[nH]c(C)n1. The van der Waals surface area contributed by atoms with Gasteiger partial charge >= 0.3 is 0 Å². The molecule has 0 saturated carbocycles. The van der Waals surface area contributed by atoms with Crippen LogP contribution in [0.2, 0.25) is 0 Å². The number of carbonyl (C=O) groups is 1. The molecule has 2 N–H and O–H groups in total. The molecule has 0 saturated heterocycles. The highest BCUT2D eigenvalue weighted by atomic mass is 16.5. The number of nitrogens with zero attached hydrogens (tertiary/aromatic N) is 1. The lowest BCUT2D eigenvalue weighted by Gasteiger charge is -2.15. The van der Waals surface area contributed by atoms with Crippen LogP contribution in [-0.4, -0.2) is 29.0 Å². The van der Waals surface area contributed by atoms with Crippen LogP contribution in [0.3, 0.4) is 0 Å². The Bertz CT molecular complexity index is 771. The molecule has 0 radical (unpaired) electrons. The van der Waals surface area contributed by atoms with Crippen LogP contribution in [0, 0.1) is 6.92 Å². The van der Waals surface area contributed by atoms with Crippen molar-refractivity contribution in [3.05, 3.63) is 57.8 Å². The number of hydrogen-bond acceptors (Lipinski definition) is 4. The topological polar surface area (TPSA) is 84.1 Å². The van der Waals surface area contributed by atoms with Gasteiger partial charge in [-0.25, -0.2) is 4.98 Å². The first kappa shape index (κ1) is 18.7. The Labute approximate surface area is 147 Å². The number of para-hydroxylation sites is 1. The fourth-order valence-electron chi connectivity index (χ4n) is 2.53. The maximum atomic E-state index is 12.0. The Hall–Kier alpha value is -2.63. The van der Waals surface area contributed by atoms with Crippen molar-refractivity contribution in [2.75, 3.05) is 13.2 Å². The van der Waals surface area contributed by atoms with E-state index in [0.717, 1.165) is 17.7 Å². The van der Waals surface area contributed by atoms with Crippen LogP contribution in [0.1, 0.15) is 43.3 Å². The minimum Gasteiger partial charge on any atom is -0.483 e.